The van der Waals surface area contributed by atoms with Crippen molar-refractivity contribution in [2.45, 2.75) is 46.1 Å². The Morgan fingerprint density at radius 1 is 0.935 bits per heavy atom. The van der Waals surface area contributed by atoms with E-state index in [-0.39, 0.29) is 11.8 Å². The van der Waals surface area contributed by atoms with Gasteiger partial charge in [0.25, 0.3) is 0 Å². The molecule has 1 aromatic carbocycles. The molecule has 4 heterocycles. The molecule has 0 aliphatic carbocycles. The van der Waals surface area contributed by atoms with E-state index in [1.54, 1.807) is 0 Å². The largest absolute Gasteiger partial charge is 0.377 e. The summed E-state index contributed by atoms with van der Waals surface area (Å²) >= 11 is 0. The van der Waals surface area contributed by atoms with Crippen LogP contribution in [-0.2, 0) is 25.6 Å². The molecule has 0 saturated heterocycles. The topological polar surface area (TPSA) is 67.9 Å². The van der Waals surface area contributed by atoms with E-state index in [1.165, 1.54) is 22.4 Å². The second-order valence-corrected chi connectivity index (χ2v) is 8.80. The lowest BCUT2D eigenvalue weighted by molar-refractivity contribution is -0.132. The van der Waals surface area contributed by atoms with E-state index in [0.29, 0.717) is 44.4 Å². The van der Waals surface area contributed by atoms with Crippen molar-refractivity contribution in [3.8, 4) is 0 Å². The van der Waals surface area contributed by atoms with Gasteiger partial charge >= 0.3 is 0 Å². The van der Waals surface area contributed by atoms with Crippen molar-refractivity contribution < 1.29 is 19.1 Å². The number of hydrogen-bond donors (Lipinski definition) is 1. The third kappa shape index (κ3) is 5.08. The Morgan fingerprint density at radius 3 is 2.39 bits per heavy atom. The Kier molecular flexibility index (Phi) is 6.88. The number of benzene rings is 1. The van der Waals surface area contributed by atoms with Gasteiger partial charge in [-0.1, -0.05) is 44.2 Å². The van der Waals surface area contributed by atoms with Crippen molar-refractivity contribution in [2.75, 3.05) is 26.4 Å². The first-order chi connectivity index (χ1) is 15.0. The number of nitrogens with one attached hydrogen (secondary N) is 1. The molecule has 166 valence electrons. The van der Waals surface area contributed by atoms with Crippen molar-refractivity contribution in [1.82, 2.24) is 10.2 Å². The lowest BCUT2D eigenvalue weighted by atomic mass is 9.89. The normalized spacial score (nSPS) is 25.9. The van der Waals surface area contributed by atoms with Gasteiger partial charge in [0, 0.05) is 37.1 Å². The molecule has 4 aliphatic rings. The Hall–Kier alpha value is -2.44. The quantitative estimate of drug-likeness (QED) is 0.789. The number of amides is 2. The van der Waals surface area contributed by atoms with Gasteiger partial charge < -0.3 is 19.7 Å². The Labute approximate surface area is 184 Å². The van der Waals surface area contributed by atoms with Crippen molar-refractivity contribution in [3.63, 3.8) is 0 Å². The first kappa shape index (κ1) is 21.8. The minimum absolute atomic E-state index is 0.156. The van der Waals surface area contributed by atoms with E-state index in [0.717, 1.165) is 31.8 Å². The zero-order valence-electron chi connectivity index (χ0n) is 18.5. The third-order valence-corrected chi connectivity index (χ3v) is 6.52. The van der Waals surface area contributed by atoms with Crippen LogP contribution in [0.15, 0.2) is 52.9 Å². The first-order valence-electron chi connectivity index (χ1n) is 11.3. The zero-order valence-corrected chi connectivity index (χ0v) is 18.5. The fraction of sp³-hybridized carbons (Fsp3) is 0.520. The van der Waals surface area contributed by atoms with Crippen LogP contribution in [0, 0.1) is 11.8 Å². The molecule has 2 amide bonds. The highest BCUT2D eigenvalue weighted by Gasteiger charge is 2.32. The smallest absolute Gasteiger partial charge is 0.227 e. The molecule has 2 atom stereocenters. The second kappa shape index (κ2) is 9.79. The molecule has 6 heteroatoms. The van der Waals surface area contributed by atoms with Gasteiger partial charge in [0.2, 0.25) is 11.8 Å². The predicted octanol–water partition coefficient (Wildman–Crippen LogP) is 3.55. The molecule has 0 spiro atoms. The summed E-state index contributed by atoms with van der Waals surface area (Å²) in [7, 11) is 0. The van der Waals surface area contributed by atoms with Crippen LogP contribution in [0.5, 0.6) is 0 Å². The number of carbonyl (C=O) groups excluding carboxylic acids is 2. The molecule has 4 aliphatic heterocycles. The van der Waals surface area contributed by atoms with Crippen LogP contribution in [-0.4, -0.2) is 43.1 Å². The molecule has 6 nitrogen and oxygen atoms in total. The average Bonchev–Trinajstić information content (AvgIpc) is 2.78. The summed E-state index contributed by atoms with van der Waals surface area (Å²) in [4.78, 5) is 25.4. The van der Waals surface area contributed by atoms with Crippen LogP contribution < -0.4 is 5.32 Å². The SMILES string of the molecule is CC1CC(=O)N(Cc2ccccc2)C2=C1COCC2.CC1CC(=O)NC2=C1COCC2. The number of nitrogens with zero attached hydrogens (tertiary/aromatic N) is 1. The van der Waals surface area contributed by atoms with Crippen LogP contribution in [0.4, 0.5) is 0 Å². The van der Waals surface area contributed by atoms with E-state index < -0.39 is 0 Å². The molecule has 0 radical (unpaired) electrons. The van der Waals surface area contributed by atoms with Crippen molar-refractivity contribution in [2.24, 2.45) is 11.8 Å². The fourth-order valence-corrected chi connectivity index (χ4v) is 4.73. The fourth-order valence-electron chi connectivity index (χ4n) is 4.73. The minimum atomic E-state index is 0.156. The molecular weight excluding hydrogens is 392 g/mol. The predicted molar refractivity (Wildman–Crippen MR) is 118 cm³/mol. The summed E-state index contributed by atoms with van der Waals surface area (Å²) in [6, 6.07) is 10.2. The monoisotopic (exact) mass is 424 g/mol. The molecule has 1 aromatic rings. The highest BCUT2D eigenvalue weighted by molar-refractivity contribution is 5.81. The Morgan fingerprint density at radius 2 is 1.61 bits per heavy atom. The molecule has 31 heavy (non-hydrogen) atoms. The van der Waals surface area contributed by atoms with Crippen molar-refractivity contribution >= 4 is 11.8 Å². The number of carbonyl (C=O) groups is 2. The lowest BCUT2D eigenvalue weighted by Gasteiger charge is -2.37. The molecule has 2 unspecified atom stereocenters. The van der Waals surface area contributed by atoms with Gasteiger partial charge in [0.1, 0.15) is 0 Å². The minimum Gasteiger partial charge on any atom is -0.377 e. The van der Waals surface area contributed by atoms with Crippen molar-refractivity contribution in [3.05, 3.63) is 58.4 Å². The van der Waals surface area contributed by atoms with Gasteiger partial charge in [-0.25, -0.2) is 0 Å². The van der Waals surface area contributed by atoms with Gasteiger partial charge in [0.05, 0.1) is 33.0 Å². The van der Waals surface area contributed by atoms with Crippen LogP contribution in [0.2, 0.25) is 0 Å². The maximum Gasteiger partial charge on any atom is 0.227 e. The third-order valence-electron chi connectivity index (χ3n) is 6.52. The lowest BCUT2D eigenvalue weighted by Crippen LogP contribution is -2.39. The zero-order chi connectivity index (χ0) is 21.8. The van der Waals surface area contributed by atoms with E-state index in [2.05, 4.69) is 31.3 Å². The van der Waals surface area contributed by atoms with Gasteiger partial charge in [-0.05, 0) is 28.5 Å². The van der Waals surface area contributed by atoms with E-state index in [4.69, 9.17) is 9.47 Å². The summed E-state index contributed by atoms with van der Waals surface area (Å²) in [5.41, 5.74) is 6.12. The highest BCUT2D eigenvalue weighted by Crippen LogP contribution is 2.34. The van der Waals surface area contributed by atoms with E-state index in [1.807, 2.05) is 23.1 Å². The maximum atomic E-state index is 12.3. The molecule has 0 saturated carbocycles. The van der Waals surface area contributed by atoms with E-state index >= 15 is 0 Å². The number of ether oxygens (including phenoxy) is 2. The van der Waals surface area contributed by atoms with Crippen LogP contribution >= 0.6 is 0 Å². The summed E-state index contributed by atoms with van der Waals surface area (Å²) in [6.45, 7) is 7.76. The van der Waals surface area contributed by atoms with Crippen LogP contribution in [0.1, 0.15) is 45.1 Å². The van der Waals surface area contributed by atoms with Gasteiger partial charge in [-0.2, -0.15) is 0 Å². The molecule has 1 N–H and O–H groups in total. The summed E-state index contributed by atoms with van der Waals surface area (Å²) in [5, 5.41) is 2.91. The summed E-state index contributed by atoms with van der Waals surface area (Å²) < 4.78 is 10.9. The van der Waals surface area contributed by atoms with Crippen LogP contribution in [0.3, 0.4) is 0 Å². The molecule has 0 bridgehead atoms. The molecule has 5 rings (SSSR count). The molecule has 0 fully saturated rings. The van der Waals surface area contributed by atoms with Crippen LogP contribution in [0.25, 0.3) is 0 Å². The first-order valence-corrected chi connectivity index (χ1v) is 11.3. The summed E-state index contributed by atoms with van der Waals surface area (Å²) in [5.74, 6) is 1.10. The van der Waals surface area contributed by atoms with Gasteiger partial charge in [-0.15, -0.1) is 0 Å². The second-order valence-electron chi connectivity index (χ2n) is 8.80. The maximum absolute atomic E-state index is 12.3. The standard InChI is InChI=1S/C16H19NO2.C9H13NO2/c1-12-9-16(18)17(10-13-5-3-2-4-6-13)15-7-8-19-11-14(12)15;1-6-4-9(11)10-8-2-3-12-5-7(6)8/h2-6,12H,7-11H2,1H3;6H,2-5H2,1H3,(H,10,11). The Bertz CT molecular complexity index is 890. The highest BCUT2D eigenvalue weighted by atomic mass is 16.5. The van der Waals surface area contributed by atoms with Crippen molar-refractivity contribution in [1.29, 1.82) is 0 Å². The van der Waals surface area contributed by atoms with E-state index in [9.17, 15) is 9.59 Å². The van der Waals surface area contributed by atoms with Gasteiger partial charge in [0.15, 0.2) is 0 Å². The average molecular weight is 425 g/mol. The molecular formula is C25H32N2O4. The summed E-state index contributed by atoms with van der Waals surface area (Å²) in [6.07, 6.45) is 2.95. The number of rotatable bonds is 2. The molecule has 0 aromatic heterocycles. The number of hydrogen-bond acceptors (Lipinski definition) is 4. The van der Waals surface area contributed by atoms with Gasteiger partial charge in [-0.3, -0.25) is 9.59 Å². The Balaban J connectivity index is 0.000000166.